The van der Waals surface area contributed by atoms with Gasteiger partial charge in [-0.25, -0.2) is 0 Å². The quantitative estimate of drug-likeness (QED) is 0.790. The number of rotatable bonds is 6. The lowest BCUT2D eigenvalue weighted by Gasteiger charge is -2.38. The van der Waals surface area contributed by atoms with Gasteiger partial charge in [-0.15, -0.1) is 0 Å². The lowest BCUT2D eigenvalue weighted by molar-refractivity contribution is -0.137. The third-order valence-corrected chi connectivity index (χ3v) is 6.63. The monoisotopic (exact) mass is 409 g/mol. The summed E-state index contributed by atoms with van der Waals surface area (Å²) in [5.41, 5.74) is 2.54. The molecule has 0 saturated carbocycles. The molecule has 1 spiro atoms. The van der Waals surface area contributed by atoms with Crippen LogP contribution in [0.2, 0.25) is 0 Å². The molecule has 1 unspecified atom stereocenters. The molecule has 0 aromatic heterocycles. The van der Waals surface area contributed by atoms with E-state index in [4.69, 9.17) is 19.3 Å². The van der Waals surface area contributed by atoms with E-state index in [2.05, 4.69) is 17.0 Å². The summed E-state index contributed by atoms with van der Waals surface area (Å²) >= 11 is 0. The van der Waals surface area contributed by atoms with Crippen LogP contribution in [0.4, 0.5) is 0 Å². The molecular formula is C24H27NO5. The van der Waals surface area contributed by atoms with Crippen LogP contribution >= 0.6 is 0 Å². The van der Waals surface area contributed by atoms with E-state index in [1.165, 1.54) is 11.1 Å². The summed E-state index contributed by atoms with van der Waals surface area (Å²) in [5, 5.41) is 8.90. The fourth-order valence-electron chi connectivity index (χ4n) is 4.85. The van der Waals surface area contributed by atoms with E-state index < -0.39 is 5.97 Å². The molecule has 6 heteroatoms. The number of hydrogen-bond donors (Lipinski definition) is 1. The van der Waals surface area contributed by atoms with Crippen LogP contribution < -0.4 is 14.2 Å². The Bertz CT molecular complexity index is 910. The first-order valence-electron chi connectivity index (χ1n) is 10.7. The fourth-order valence-corrected chi connectivity index (χ4v) is 4.85. The number of carboxylic acid groups (broad SMARTS) is 1. The van der Waals surface area contributed by atoms with E-state index in [1.54, 1.807) is 0 Å². The van der Waals surface area contributed by atoms with Crippen LogP contribution in [0, 0.1) is 0 Å². The molecule has 5 rings (SSSR count). The largest absolute Gasteiger partial charge is 0.492 e. The molecule has 0 amide bonds. The van der Waals surface area contributed by atoms with Crippen LogP contribution in [0.1, 0.15) is 30.4 Å². The van der Waals surface area contributed by atoms with Crippen LogP contribution in [-0.2, 0) is 16.6 Å². The summed E-state index contributed by atoms with van der Waals surface area (Å²) < 4.78 is 18.0. The van der Waals surface area contributed by atoms with Crippen LogP contribution in [0.25, 0.3) is 0 Å². The van der Waals surface area contributed by atoms with Gasteiger partial charge in [-0.05, 0) is 43.6 Å². The fraction of sp³-hybridized carbons (Fsp3) is 0.458. The van der Waals surface area contributed by atoms with Gasteiger partial charge in [-0.1, -0.05) is 24.3 Å². The maximum absolute atomic E-state index is 10.8. The summed E-state index contributed by atoms with van der Waals surface area (Å²) in [6, 6.07) is 14.3. The Balaban J connectivity index is 1.18. The van der Waals surface area contributed by atoms with Gasteiger partial charge in [0, 0.05) is 30.0 Å². The summed E-state index contributed by atoms with van der Waals surface area (Å²) in [6.07, 6.45) is 3.11. The molecule has 2 aromatic carbocycles. The molecule has 6 nitrogen and oxygen atoms in total. The Kier molecular flexibility index (Phi) is 5.03. The Morgan fingerprint density at radius 2 is 2.00 bits per heavy atom. The Labute approximate surface area is 176 Å². The Morgan fingerprint density at radius 1 is 1.17 bits per heavy atom. The lowest BCUT2D eigenvalue weighted by atomic mass is 9.74. The number of ether oxygens (including phenoxy) is 3. The highest BCUT2D eigenvalue weighted by Gasteiger charge is 2.43. The van der Waals surface area contributed by atoms with Crippen molar-refractivity contribution in [2.45, 2.75) is 37.2 Å². The van der Waals surface area contributed by atoms with Crippen molar-refractivity contribution in [1.29, 1.82) is 0 Å². The molecule has 1 N–H and O–H groups in total. The number of para-hydroxylation sites is 1. The Morgan fingerprint density at radius 3 is 2.80 bits per heavy atom. The van der Waals surface area contributed by atoms with Crippen molar-refractivity contribution in [2.24, 2.45) is 0 Å². The number of piperidine rings is 1. The number of carbonyl (C=O) groups is 1. The van der Waals surface area contributed by atoms with E-state index in [0.29, 0.717) is 19.8 Å². The molecule has 0 radical (unpaired) electrons. The smallest absolute Gasteiger partial charge is 0.304 e. The van der Waals surface area contributed by atoms with Gasteiger partial charge in [0.2, 0.25) is 0 Å². The van der Waals surface area contributed by atoms with Crippen molar-refractivity contribution >= 4 is 5.97 Å². The minimum absolute atomic E-state index is 0.0399. The van der Waals surface area contributed by atoms with Crippen LogP contribution in [0.3, 0.4) is 0 Å². The average Bonchev–Trinajstić information content (AvgIpc) is 3.33. The number of benzene rings is 2. The SMILES string of the molecule is O=C(O)CCN1CCC2(CC1)COc1cc(OCC3Cc4ccccc4O3)ccc12. The normalized spacial score (nSPS) is 21.5. The van der Waals surface area contributed by atoms with Crippen molar-refractivity contribution in [3.05, 3.63) is 53.6 Å². The molecular weight excluding hydrogens is 382 g/mol. The summed E-state index contributed by atoms with van der Waals surface area (Å²) in [7, 11) is 0. The van der Waals surface area contributed by atoms with E-state index in [0.717, 1.165) is 49.6 Å². The van der Waals surface area contributed by atoms with Crippen molar-refractivity contribution in [3.63, 3.8) is 0 Å². The number of carboxylic acids is 1. The molecule has 0 aliphatic carbocycles. The second kappa shape index (κ2) is 7.84. The van der Waals surface area contributed by atoms with Gasteiger partial charge in [0.05, 0.1) is 13.0 Å². The summed E-state index contributed by atoms with van der Waals surface area (Å²) in [5.74, 6) is 1.95. The van der Waals surface area contributed by atoms with Crippen LogP contribution in [0.15, 0.2) is 42.5 Å². The van der Waals surface area contributed by atoms with Gasteiger partial charge in [0.25, 0.3) is 0 Å². The summed E-state index contributed by atoms with van der Waals surface area (Å²) in [4.78, 5) is 13.1. The first-order chi connectivity index (χ1) is 14.6. The number of fused-ring (bicyclic) bond motifs is 3. The van der Waals surface area contributed by atoms with Gasteiger partial charge in [-0.3, -0.25) is 4.79 Å². The third-order valence-electron chi connectivity index (χ3n) is 6.63. The molecule has 3 heterocycles. The topological polar surface area (TPSA) is 68.2 Å². The highest BCUT2D eigenvalue weighted by molar-refractivity contribution is 5.66. The van der Waals surface area contributed by atoms with E-state index >= 15 is 0 Å². The minimum Gasteiger partial charge on any atom is -0.492 e. The lowest BCUT2D eigenvalue weighted by Crippen LogP contribution is -2.44. The predicted octanol–water partition coefficient (Wildman–Crippen LogP) is 3.27. The average molecular weight is 409 g/mol. The van der Waals surface area contributed by atoms with Gasteiger partial charge in [-0.2, -0.15) is 0 Å². The number of aliphatic carboxylic acids is 1. The third kappa shape index (κ3) is 3.72. The molecule has 3 aliphatic heterocycles. The maximum Gasteiger partial charge on any atom is 0.304 e. The predicted molar refractivity (Wildman–Crippen MR) is 112 cm³/mol. The standard InChI is InChI=1S/C24H27NO5/c26-23(27)7-10-25-11-8-24(9-12-25)16-29-22-14-18(5-6-20(22)24)28-15-19-13-17-3-1-2-4-21(17)30-19/h1-6,14,19H,7-13,15-16H2,(H,26,27). The zero-order valence-corrected chi connectivity index (χ0v) is 17.0. The zero-order chi connectivity index (χ0) is 20.6. The molecule has 0 bridgehead atoms. The highest BCUT2D eigenvalue weighted by Crippen LogP contribution is 2.46. The number of nitrogens with zero attached hydrogens (tertiary/aromatic N) is 1. The van der Waals surface area contributed by atoms with E-state index in [-0.39, 0.29) is 17.9 Å². The maximum atomic E-state index is 10.8. The second-order valence-electron chi connectivity index (χ2n) is 8.58. The first kappa shape index (κ1) is 19.2. The van der Waals surface area contributed by atoms with Crippen molar-refractivity contribution < 1.29 is 24.1 Å². The summed E-state index contributed by atoms with van der Waals surface area (Å²) in [6.45, 7) is 3.65. The van der Waals surface area contributed by atoms with Crippen molar-refractivity contribution in [2.75, 3.05) is 32.8 Å². The van der Waals surface area contributed by atoms with Crippen LogP contribution in [-0.4, -0.2) is 54.9 Å². The van der Waals surface area contributed by atoms with E-state index in [1.807, 2.05) is 30.3 Å². The number of hydrogen-bond acceptors (Lipinski definition) is 5. The van der Waals surface area contributed by atoms with E-state index in [9.17, 15) is 4.79 Å². The number of likely N-dealkylation sites (tertiary alicyclic amines) is 1. The molecule has 1 atom stereocenters. The second-order valence-corrected chi connectivity index (χ2v) is 8.58. The van der Waals surface area contributed by atoms with Gasteiger partial charge < -0.3 is 24.2 Å². The zero-order valence-electron chi connectivity index (χ0n) is 17.0. The minimum atomic E-state index is -0.732. The molecule has 1 saturated heterocycles. The molecule has 1 fully saturated rings. The molecule has 30 heavy (non-hydrogen) atoms. The molecule has 3 aliphatic rings. The molecule has 2 aromatic rings. The van der Waals surface area contributed by atoms with Crippen LogP contribution in [0.5, 0.6) is 17.2 Å². The first-order valence-corrected chi connectivity index (χ1v) is 10.7. The van der Waals surface area contributed by atoms with Gasteiger partial charge in [0.15, 0.2) is 0 Å². The van der Waals surface area contributed by atoms with Gasteiger partial charge in [0.1, 0.15) is 30.0 Å². The Hall–Kier alpha value is -2.73. The van der Waals surface area contributed by atoms with Gasteiger partial charge >= 0.3 is 5.97 Å². The van der Waals surface area contributed by atoms with Crippen molar-refractivity contribution in [1.82, 2.24) is 4.90 Å². The van der Waals surface area contributed by atoms with Crippen molar-refractivity contribution in [3.8, 4) is 17.2 Å². The molecule has 158 valence electrons. The highest BCUT2D eigenvalue weighted by atomic mass is 16.5.